The molecular formula is C15H29N3O. The zero-order valence-corrected chi connectivity index (χ0v) is 12.6. The second-order valence-electron chi connectivity index (χ2n) is 6.05. The maximum Gasteiger partial charge on any atom is 0.193 e. The Kier molecular flexibility index (Phi) is 5.49. The van der Waals surface area contributed by atoms with Gasteiger partial charge in [0.05, 0.1) is 0 Å². The first kappa shape index (κ1) is 14.6. The lowest BCUT2D eigenvalue weighted by Gasteiger charge is -2.33. The number of aliphatic imine (C=N–C) groups is 1. The predicted octanol–water partition coefficient (Wildman–Crippen LogP) is 2.25. The van der Waals surface area contributed by atoms with Crippen LogP contribution in [0, 0.1) is 5.41 Å². The van der Waals surface area contributed by atoms with E-state index in [1.54, 1.807) is 7.11 Å². The van der Waals surface area contributed by atoms with Gasteiger partial charge in [-0.3, -0.25) is 4.99 Å². The molecule has 110 valence electrons. The highest BCUT2D eigenvalue weighted by atomic mass is 16.5. The summed E-state index contributed by atoms with van der Waals surface area (Å²) >= 11 is 0. The number of nitrogens with zero attached hydrogens (tertiary/aromatic N) is 2. The quantitative estimate of drug-likeness (QED) is 0.482. The number of nitrogens with one attached hydrogen (secondary N) is 1. The summed E-state index contributed by atoms with van der Waals surface area (Å²) < 4.78 is 5.08. The molecule has 1 aliphatic carbocycles. The first-order valence-corrected chi connectivity index (χ1v) is 7.74. The smallest absolute Gasteiger partial charge is 0.193 e. The van der Waals surface area contributed by atoms with Gasteiger partial charge in [0.25, 0.3) is 0 Å². The van der Waals surface area contributed by atoms with Crippen molar-refractivity contribution in [1.29, 1.82) is 0 Å². The van der Waals surface area contributed by atoms with Crippen LogP contribution in [-0.2, 0) is 4.74 Å². The van der Waals surface area contributed by atoms with Crippen molar-refractivity contribution in [3.05, 3.63) is 0 Å². The van der Waals surface area contributed by atoms with Gasteiger partial charge >= 0.3 is 0 Å². The van der Waals surface area contributed by atoms with Crippen LogP contribution < -0.4 is 5.32 Å². The maximum atomic E-state index is 5.08. The molecule has 19 heavy (non-hydrogen) atoms. The predicted molar refractivity (Wildman–Crippen MR) is 79.6 cm³/mol. The normalized spacial score (nSPS) is 23.1. The molecule has 2 aliphatic rings. The molecule has 0 radical (unpaired) electrons. The minimum absolute atomic E-state index is 0.600. The van der Waals surface area contributed by atoms with E-state index in [4.69, 9.17) is 4.74 Å². The van der Waals surface area contributed by atoms with Crippen LogP contribution in [0.15, 0.2) is 4.99 Å². The Morgan fingerprint density at radius 3 is 2.74 bits per heavy atom. The molecular weight excluding hydrogens is 238 g/mol. The summed E-state index contributed by atoms with van der Waals surface area (Å²) in [6.07, 6.45) is 9.52. The number of methoxy groups -OCH3 is 1. The van der Waals surface area contributed by atoms with Crippen LogP contribution in [0.2, 0.25) is 0 Å². The molecule has 0 atom stereocenters. The van der Waals surface area contributed by atoms with Crippen molar-refractivity contribution in [1.82, 2.24) is 10.2 Å². The summed E-state index contributed by atoms with van der Waals surface area (Å²) in [5.74, 6) is 1.08. The molecule has 1 spiro atoms. The van der Waals surface area contributed by atoms with Crippen molar-refractivity contribution in [2.45, 2.75) is 44.9 Å². The molecule has 0 aromatic heterocycles. The average molecular weight is 267 g/mol. The molecule has 1 saturated carbocycles. The van der Waals surface area contributed by atoms with Crippen LogP contribution in [0.4, 0.5) is 0 Å². The Morgan fingerprint density at radius 1 is 1.26 bits per heavy atom. The Bertz CT molecular complexity index is 298. The van der Waals surface area contributed by atoms with Gasteiger partial charge in [-0.05, 0) is 31.1 Å². The lowest BCUT2D eigenvalue weighted by Crippen LogP contribution is -2.42. The second-order valence-corrected chi connectivity index (χ2v) is 6.05. The van der Waals surface area contributed by atoms with E-state index in [1.807, 2.05) is 7.05 Å². The van der Waals surface area contributed by atoms with Crippen molar-refractivity contribution < 1.29 is 4.74 Å². The van der Waals surface area contributed by atoms with Crippen LogP contribution in [0.5, 0.6) is 0 Å². The third kappa shape index (κ3) is 3.85. The Hall–Kier alpha value is -0.770. The van der Waals surface area contributed by atoms with Crippen molar-refractivity contribution in [3.8, 4) is 0 Å². The van der Waals surface area contributed by atoms with Gasteiger partial charge in [0.2, 0.25) is 0 Å². The summed E-state index contributed by atoms with van der Waals surface area (Å²) in [4.78, 5) is 6.89. The average Bonchev–Trinajstić information content (AvgIpc) is 2.83. The van der Waals surface area contributed by atoms with E-state index in [0.717, 1.165) is 25.5 Å². The van der Waals surface area contributed by atoms with Crippen LogP contribution in [0.25, 0.3) is 0 Å². The van der Waals surface area contributed by atoms with Crippen molar-refractivity contribution in [2.24, 2.45) is 10.4 Å². The monoisotopic (exact) mass is 267 g/mol. The maximum absolute atomic E-state index is 5.08. The van der Waals surface area contributed by atoms with Gasteiger partial charge in [0.15, 0.2) is 5.96 Å². The molecule has 4 heteroatoms. The van der Waals surface area contributed by atoms with Crippen molar-refractivity contribution >= 4 is 5.96 Å². The molecule has 0 aromatic rings. The highest BCUT2D eigenvalue weighted by Gasteiger charge is 2.39. The zero-order valence-electron chi connectivity index (χ0n) is 12.6. The van der Waals surface area contributed by atoms with Gasteiger partial charge < -0.3 is 15.0 Å². The third-order valence-electron chi connectivity index (χ3n) is 4.67. The number of guanidine groups is 1. The van der Waals surface area contributed by atoms with Gasteiger partial charge in [-0.2, -0.15) is 0 Å². The topological polar surface area (TPSA) is 36.9 Å². The van der Waals surface area contributed by atoms with Gasteiger partial charge in [-0.1, -0.05) is 19.3 Å². The molecule has 0 amide bonds. The van der Waals surface area contributed by atoms with E-state index in [1.165, 1.54) is 51.6 Å². The molecule has 1 heterocycles. The van der Waals surface area contributed by atoms with Crippen LogP contribution in [0.1, 0.15) is 44.9 Å². The number of ether oxygens (including phenoxy) is 1. The third-order valence-corrected chi connectivity index (χ3v) is 4.67. The molecule has 0 bridgehead atoms. The minimum atomic E-state index is 0.600. The van der Waals surface area contributed by atoms with Crippen LogP contribution in [0.3, 0.4) is 0 Å². The van der Waals surface area contributed by atoms with E-state index in [9.17, 15) is 0 Å². The zero-order chi connectivity index (χ0) is 13.6. The second kappa shape index (κ2) is 7.13. The molecule has 1 N–H and O–H groups in total. The van der Waals surface area contributed by atoms with E-state index in [0.29, 0.717) is 5.41 Å². The summed E-state index contributed by atoms with van der Waals surface area (Å²) in [7, 11) is 3.65. The van der Waals surface area contributed by atoms with E-state index in [2.05, 4.69) is 15.2 Å². The Labute approximate surface area is 117 Å². The van der Waals surface area contributed by atoms with Gasteiger partial charge in [0, 0.05) is 40.4 Å². The first-order chi connectivity index (χ1) is 9.29. The SMILES string of the molecule is CN=C(NCCCOC)N1CCC2(CCCCC2)C1. The van der Waals surface area contributed by atoms with Gasteiger partial charge in [0.1, 0.15) is 0 Å². The fraction of sp³-hybridized carbons (Fsp3) is 0.933. The lowest BCUT2D eigenvalue weighted by atomic mass is 9.73. The number of rotatable bonds is 4. The Morgan fingerprint density at radius 2 is 2.05 bits per heavy atom. The highest BCUT2D eigenvalue weighted by molar-refractivity contribution is 5.80. The summed E-state index contributed by atoms with van der Waals surface area (Å²) in [6, 6.07) is 0. The van der Waals surface area contributed by atoms with E-state index in [-0.39, 0.29) is 0 Å². The lowest BCUT2D eigenvalue weighted by molar-refractivity contribution is 0.194. The number of hydrogen-bond donors (Lipinski definition) is 1. The minimum Gasteiger partial charge on any atom is -0.385 e. The molecule has 2 fully saturated rings. The first-order valence-electron chi connectivity index (χ1n) is 7.74. The standard InChI is InChI=1S/C15H29N3O/c1-16-14(17-10-6-12-19-2)18-11-9-15(13-18)7-4-3-5-8-15/h3-13H2,1-2H3,(H,16,17). The fourth-order valence-electron chi connectivity index (χ4n) is 3.57. The van der Waals surface area contributed by atoms with Crippen LogP contribution in [-0.4, -0.2) is 51.3 Å². The highest BCUT2D eigenvalue weighted by Crippen LogP contribution is 2.43. The van der Waals surface area contributed by atoms with Gasteiger partial charge in [-0.25, -0.2) is 0 Å². The largest absolute Gasteiger partial charge is 0.385 e. The summed E-state index contributed by atoms with van der Waals surface area (Å²) in [5, 5.41) is 3.46. The van der Waals surface area contributed by atoms with Crippen LogP contribution >= 0.6 is 0 Å². The number of likely N-dealkylation sites (tertiary alicyclic amines) is 1. The molecule has 1 aliphatic heterocycles. The van der Waals surface area contributed by atoms with Crippen molar-refractivity contribution in [3.63, 3.8) is 0 Å². The molecule has 0 unspecified atom stereocenters. The molecule has 1 saturated heterocycles. The number of hydrogen-bond acceptors (Lipinski definition) is 2. The molecule has 0 aromatic carbocycles. The molecule has 2 rings (SSSR count). The molecule has 4 nitrogen and oxygen atoms in total. The van der Waals surface area contributed by atoms with Crippen molar-refractivity contribution in [2.75, 3.05) is 40.4 Å². The fourth-order valence-corrected chi connectivity index (χ4v) is 3.57. The van der Waals surface area contributed by atoms with E-state index >= 15 is 0 Å². The summed E-state index contributed by atoms with van der Waals surface area (Å²) in [5.41, 5.74) is 0.600. The Balaban J connectivity index is 1.80. The van der Waals surface area contributed by atoms with E-state index < -0.39 is 0 Å². The van der Waals surface area contributed by atoms with Gasteiger partial charge in [-0.15, -0.1) is 0 Å². The summed E-state index contributed by atoms with van der Waals surface area (Å²) in [6.45, 7) is 4.14.